The summed E-state index contributed by atoms with van der Waals surface area (Å²) in [6.07, 6.45) is -0.868. The monoisotopic (exact) mass is 388 g/mol. The summed E-state index contributed by atoms with van der Waals surface area (Å²) in [5.74, 6) is -0.288. The highest BCUT2D eigenvalue weighted by molar-refractivity contribution is 5.94. The van der Waals surface area contributed by atoms with E-state index < -0.39 is 6.36 Å². The number of aromatic nitrogens is 1. The number of hydrogen-bond donors (Lipinski definition) is 1. The van der Waals surface area contributed by atoms with E-state index in [0.29, 0.717) is 18.7 Å². The molecule has 1 saturated heterocycles. The minimum atomic E-state index is -4.75. The number of halogens is 3. The molecule has 0 saturated carbocycles. The number of likely N-dealkylation sites (tertiary alicyclic amines) is 1. The number of rotatable bonds is 3. The van der Waals surface area contributed by atoms with Crippen molar-refractivity contribution in [3.63, 3.8) is 0 Å². The summed E-state index contributed by atoms with van der Waals surface area (Å²) in [5, 5.41) is 1.16. The zero-order chi connectivity index (χ0) is 19.7. The SMILES string of the molecule is O=C(c1ccc(OC(F)(F)F)cc1)N1CCCC(c2c[nH]c3ccccc23)C1. The lowest BCUT2D eigenvalue weighted by Gasteiger charge is -2.33. The topological polar surface area (TPSA) is 45.3 Å². The van der Waals surface area contributed by atoms with Crippen LogP contribution < -0.4 is 4.74 Å². The number of nitrogens with one attached hydrogen (secondary N) is 1. The van der Waals surface area contributed by atoms with Gasteiger partial charge in [0.15, 0.2) is 0 Å². The molecule has 2 aromatic carbocycles. The lowest BCUT2D eigenvalue weighted by atomic mass is 9.90. The summed E-state index contributed by atoms with van der Waals surface area (Å²) in [7, 11) is 0. The number of fused-ring (bicyclic) bond motifs is 1. The van der Waals surface area contributed by atoms with E-state index in [0.717, 1.165) is 23.7 Å². The van der Waals surface area contributed by atoms with Gasteiger partial charge in [0.05, 0.1) is 0 Å². The highest BCUT2D eigenvalue weighted by Crippen LogP contribution is 2.33. The van der Waals surface area contributed by atoms with Crippen LogP contribution in [-0.2, 0) is 0 Å². The van der Waals surface area contributed by atoms with E-state index in [-0.39, 0.29) is 17.6 Å². The zero-order valence-corrected chi connectivity index (χ0v) is 15.0. The maximum absolute atomic E-state index is 12.8. The summed E-state index contributed by atoms with van der Waals surface area (Å²) in [5.41, 5.74) is 2.62. The molecule has 1 aliphatic heterocycles. The second-order valence-corrected chi connectivity index (χ2v) is 6.95. The molecule has 1 amide bonds. The Kier molecular flexibility index (Phi) is 4.75. The third-order valence-electron chi connectivity index (χ3n) is 5.10. The van der Waals surface area contributed by atoms with E-state index in [1.54, 1.807) is 4.90 Å². The van der Waals surface area contributed by atoms with Crippen molar-refractivity contribution in [1.29, 1.82) is 0 Å². The number of nitrogens with zero attached hydrogens (tertiary/aromatic N) is 1. The average molecular weight is 388 g/mol. The molecule has 1 atom stereocenters. The summed E-state index contributed by atoms with van der Waals surface area (Å²) in [6.45, 7) is 1.22. The van der Waals surface area contributed by atoms with Crippen LogP contribution in [0.1, 0.15) is 34.7 Å². The molecule has 28 heavy (non-hydrogen) atoms. The van der Waals surface area contributed by atoms with Crippen molar-refractivity contribution >= 4 is 16.8 Å². The van der Waals surface area contributed by atoms with Crippen LogP contribution >= 0.6 is 0 Å². The molecule has 0 aliphatic carbocycles. The van der Waals surface area contributed by atoms with Gasteiger partial charge in [-0.15, -0.1) is 13.2 Å². The zero-order valence-electron chi connectivity index (χ0n) is 15.0. The van der Waals surface area contributed by atoms with E-state index in [9.17, 15) is 18.0 Å². The molecule has 1 aromatic heterocycles. The van der Waals surface area contributed by atoms with Gasteiger partial charge in [-0.25, -0.2) is 0 Å². The van der Waals surface area contributed by atoms with Crippen LogP contribution in [0.25, 0.3) is 10.9 Å². The number of aromatic amines is 1. The van der Waals surface area contributed by atoms with Gasteiger partial charge in [-0.1, -0.05) is 18.2 Å². The minimum Gasteiger partial charge on any atom is -0.406 e. The van der Waals surface area contributed by atoms with E-state index >= 15 is 0 Å². The Morgan fingerprint density at radius 2 is 1.86 bits per heavy atom. The number of benzene rings is 2. The molecule has 0 bridgehead atoms. The van der Waals surface area contributed by atoms with Gasteiger partial charge in [-0.2, -0.15) is 0 Å². The fourth-order valence-electron chi connectivity index (χ4n) is 3.83. The van der Waals surface area contributed by atoms with E-state index in [1.807, 2.05) is 24.4 Å². The number of carbonyl (C=O) groups is 1. The maximum atomic E-state index is 12.8. The van der Waals surface area contributed by atoms with Crippen molar-refractivity contribution in [1.82, 2.24) is 9.88 Å². The van der Waals surface area contributed by atoms with Crippen LogP contribution in [0, 0.1) is 0 Å². The van der Waals surface area contributed by atoms with E-state index in [1.165, 1.54) is 29.8 Å². The van der Waals surface area contributed by atoms with Crippen LogP contribution in [-0.4, -0.2) is 35.2 Å². The van der Waals surface area contributed by atoms with Crippen molar-refractivity contribution in [2.45, 2.75) is 25.1 Å². The van der Waals surface area contributed by atoms with Crippen molar-refractivity contribution < 1.29 is 22.7 Å². The summed E-state index contributed by atoms with van der Waals surface area (Å²) < 4.78 is 40.7. The van der Waals surface area contributed by atoms with Crippen LogP contribution in [0.3, 0.4) is 0 Å². The Bertz CT molecular complexity index is 979. The number of ether oxygens (including phenoxy) is 1. The maximum Gasteiger partial charge on any atom is 0.573 e. The molecule has 4 rings (SSSR count). The molecular formula is C21H19F3N2O2. The fraction of sp³-hybridized carbons (Fsp3) is 0.286. The number of piperidine rings is 1. The molecule has 0 spiro atoms. The Balaban J connectivity index is 1.49. The van der Waals surface area contributed by atoms with Gasteiger partial charge in [-0.3, -0.25) is 4.79 Å². The van der Waals surface area contributed by atoms with Gasteiger partial charge in [0.1, 0.15) is 5.75 Å². The number of para-hydroxylation sites is 1. The molecule has 1 unspecified atom stereocenters. The Labute approximate surface area is 159 Å². The van der Waals surface area contributed by atoms with Crippen LogP contribution in [0.5, 0.6) is 5.75 Å². The number of alkyl halides is 3. The minimum absolute atomic E-state index is 0.178. The second-order valence-electron chi connectivity index (χ2n) is 6.95. The molecule has 3 aromatic rings. The molecular weight excluding hydrogens is 369 g/mol. The van der Waals surface area contributed by atoms with Crippen molar-refractivity contribution in [2.75, 3.05) is 13.1 Å². The predicted octanol–water partition coefficient (Wildman–Crippen LogP) is 5.09. The number of hydrogen-bond acceptors (Lipinski definition) is 2. The van der Waals surface area contributed by atoms with Crippen molar-refractivity contribution in [2.24, 2.45) is 0 Å². The van der Waals surface area contributed by atoms with Crippen LogP contribution in [0.15, 0.2) is 54.7 Å². The third-order valence-corrected chi connectivity index (χ3v) is 5.10. The first kappa shape index (κ1) is 18.4. The largest absolute Gasteiger partial charge is 0.573 e. The summed E-state index contributed by atoms with van der Waals surface area (Å²) in [4.78, 5) is 17.9. The standard InChI is InChI=1S/C21H19F3N2O2/c22-21(23,24)28-16-9-7-14(8-10-16)20(27)26-11-3-4-15(13-26)18-12-25-19-6-2-1-5-17(18)19/h1-2,5-10,12,15,25H,3-4,11,13H2. The molecule has 7 heteroatoms. The quantitative estimate of drug-likeness (QED) is 0.680. The Morgan fingerprint density at radius 1 is 1.11 bits per heavy atom. The van der Waals surface area contributed by atoms with Gasteiger partial charge >= 0.3 is 6.36 Å². The number of H-pyrrole nitrogens is 1. The first-order chi connectivity index (χ1) is 13.4. The lowest BCUT2D eigenvalue weighted by molar-refractivity contribution is -0.274. The number of carbonyl (C=O) groups excluding carboxylic acids is 1. The van der Waals surface area contributed by atoms with Gasteiger partial charge in [0, 0.05) is 41.7 Å². The molecule has 4 nitrogen and oxygen atoms in total. The third kappa shape index (κ3) is 3.83. The molecule has 1 N–H and O–H groups in total. The fourth-order valence-corrected chi connectivity index (χ4v) is 3.83. The first-order valence-electron chi connectivity index (χ1n) is 9.12. The molecule has 146 valence electrons. The second kappa shape index (κ2) is 7.22. The van der Waals surface area contributed by atoms with Crippen LogP contribution in [0.4, 0.5) is 13.2 Å². The van der Waals surface area contributed by atoms with E-state index in [2.05, 4.69) is 15.8 Å². The normalized spacial score (nSPS) is 17.7. The highest BCUT2D eigenvalue weighted by Gasteiger charge is 2.31. The van der Waals surface area contributed by atoms with E-state index in [4.69, 9.17) is 0 Å². The molecule has 2 heterocycles. The molecule has 1 aliphatic rings. The van der Waals surface area contributed by atoms with Crippen molar-refractivity contribution in [3.05, 3.63) is 65.9 Å². The van der Waals surface area contributed by atoms with Gasteiger partial charge < -0.3 is 14.6 Å². The highest BCUT2D eigenvalue weighted by atomic mass is 19.4. The summed E-state index contributed by atoms with van der Waals surface area (Å²) in [6, 6.07) is 13.2. The van der Waals surface area contributed by atoms with Crippen molar-refractivity contribution in [3.8, 4) is 5.75 Å². The smallest absolute Gasteiger partial charge is 0.406 e. The lowest BCUT2D eigenvalue weighted by Crippen LogP contribution is -2.39. The first-order valence-corrected chi connectivity index (χ1v) is 9.12. The number of amides is 1. The van der Waals surface area contributed by atoms with Crippen LogP contribution in [0.2, 0.25) is 0 Å². The molecule has 0 radical (unpaired) electrons. The Hall–Kier alpha value is -2.96. The summed E-state index contributed by atoms with van der Waals surface area (Å²) >= 11 is 0. The predicted molar refractivity (Wildman–Crippen MR) is 99.3 cm³/mol. The van der Waals surface area contributed by atoms with Gasteiger partial charge in [-0.05, 0) is 48.7 Å². The van der Waals surface area contributed by atoms with Gasteiger partial charge in [0.25, 0.3) is 5.91 Å². The molecule has 1 fully saturated rings. The van der Waals surface area contributed by atoms with Gasteiger partial charge in [0.2, 0.25) is 0 Å². The Morgan fingerprint density at radius 3 is 2.61 bits per heavy atom. The average Bonchev–Trinajstić information content (AvgIpc) is 3.11.